The molecule has 42 heavy (non-hydrogen) atoms. The molecule has 228 valence electrons. The van der Waals surface area contributed by atoms with Crippen molar-refractivity contribution >= 4 is 35.2 Å². The van der Waals surface area contributed by atoms with Crippen LogP contribution < -0.4 is 16.0 Å². The first-order chi connectivity index (χ1) is 19.8. The Bertz CT molecular complexity index is 1270. The number of nitrogens with one attached hydrogen (secondary N) is 3. The monoisotopic (exact) mass is 590 g/mol. The summed E-state index contributed by atoms with van der Waals surface area (Å²) in [4.78, 5) is 51.8. The SMILES string of the molecule is CCOC(=O)[C@@H]1CN(C(=O)[C@H](CC(C)C)NC(=O)Cc2ccc(NC(=O)Nc3ccccc3C)cc2)CC1C(F)(F)F. The van der Waals surface area contributed by atoms with E-state index in [1.54, 1.807) is 30.3 Å². The van der Waals surface area contributed by atoms with Gasteiger partial charge in [-0.15, -0.1) is 0 Å². The van der Waals surface area contributed by atoms with E-state index >= 15 is 0 Å². The highest BCUT2D eigenvalue weighted by atomic mass is 19.4. The summed E-state index contributed by atoms with van der Waals surface area (Å²) in [6.45, 7) is 5.85. The van der Waals surface area contributed by atoms with Gasteiger partial charge in [0.1, 0.15) is 6.04 Å². The summed E-state index contributed by atoms with van der Waals surface area (Å²) in [5.74, 6) is -5.75. The van der Waals surface area contributed by atoms with E-state index in [0.29, 0.717) is 16.9 Å². The first-order valence-corrected chi connectivity index (χ1v) is 13.8. The van der Waals surface area contributed by atoms with E-state index in [2.05, 4.69) is 16.0 Å². The number of aryl methyl sites for hydroxylation is 1. The highest BCUT2D eigenvalue weighted by Crippen LogP contribution is 2.38. The van der Waals surface area contributed by atoms with Crippen molar-refractivity contribution in [3.05, 3.63) is 59.7 Å². The Balaban J connectivity index is 1.62. The van der Waals surface area contributed by atoms with Gasteiger partial charge in [0.2, 0.25) is 11.8 Å². The van der Waals surface area contributed by atoms with E-state index < -0.39 is 61.0 Å². The molecule has 2 aromatic carbocycles. The molecule has 0 aliphatic carbocycles. The molecule has 1 heterocycles. The number of esters is 1. The van der Waals surface area contributed by atoms with Crippen LogP contribution in [0.4, 0.5) is 29.3 Å². The summed E-state index contributed by atoms with van der Waals surface area (Å²) in [6, 6.07) is 12.4. The molecule has 0 aromatic heterocycles. The van der Waals surface area contributed by atoms with Gasteiger partial charge in [-0.25, -0.2) is 4.79 Å². The molecule has 1 saturated heterocycles. The number of hydrogen-bond acceptors (Lipinski definition) is 5. The van der Waals surface area contributed by atoms with Crippen LogP contribution in [0.25, 0.3) is 0 Å². The number of benzene rings is 2. The van der Waals surface area contributed by atoms with Crippen LogP contribution in [-0.2, 0) is 25.5 Å². The number of carbonyl (C=O) groups is 4. The van der Waals surface area contributed by atoms with E-state index in [-0.39, 0.29) is 25.4 Å². The number of rotatable bonds is 10. The third-order valence-corrected chi connectivity index (χ3v) is 6.95. The van der Waals surface area contributed by atoms with Crippen molar-refractivity contribution in [3.8, 4) is 0 Å². The number of para-hydroxylation sites is 1. The van der Waals surface area contributed by atoms with Crippen molar-refractivity contribution < 1.29 is 37.1 Å². The minimum atomic E-state index is -4.69. The smallest absolute Gasteiger partial charge is 0.394 e. The molecule has 0 bridgehead atoms. The standard InChI is InChI=1S/C30H37F3N4O5/c1-5-42-28(40)22-16-37(17-23(22)30(31,32)33)27(39)25(14-18(2)3)35-26(38)15-20-10-12-21(13-11-20)34-29(41)36-24-9-7-6-8-19(24)4/h6-13,18,22-23,25H,5,14-17H2,1-4H3,(H,35,38)(H2,34,36,41)/t22-,23?,25+/m1/s1. The quantitative estimate of drug-likeness (QED) is 0.340. The van der Waals surface area contributed by atoms with Crippen molar-refractivity contribution in [3.63, 3.8) is 0 Å². The van der Waals surface area contributed by atoms with Crippen LogP contribution in [-0.4, -0.2) is 60.6 Å². The number of urea groups is 1. The molecule has 2 aromatic rings. The number of amides is 4. The lowest BCUT2D eigenvalue weighted by Crippen LogP contribution is -2.49. The Morgan fingerprint density at radius 2 is 1.67 bits per heavy atom. The Hall–Kier alpha value is -4.09. The van der Waals surface area contributed by atoms with Crippen molar-refractivity contribution in [2.75, 3.05) is 30.3 Å². The fraction of sp³-hybridized carbons (Fsp3) is 0.467. The van der Waals surface area contributed by atoms with Crippen LogP contribution >= 0.6 is 0 Å². The average Bonchev–Trinajstić information content (AvgIpc) is 3.37. The van der Waals surface area contributed by atoms with Gasteiger partial charge < -0.3 is 25.6 Å². The second-order valence-corrected chi connectivity index (χ2v) is 10.8. The molecular formula is C30H37F3N4O5. The lowest BCUT2D eigenvalue weighted by Gasteiger charge is -2.26. The summed E-state index contributed by atoms with van der Waals surface area (Å²) in [7, 11) is 0. The minimum absolute atomic E-state index is 0.0442. The number of nitrogens with zero attached hydrogens (tertiary/aromatic N) is 1. The largest absolute Gasteiger partial charge is 0.466 e. The molecule has 1 unspecified atom stereocenters. The van der Waals surface area contributed by atoms with Gasteiger partial charge in [0.25, 0.3) is 0 Å². The minimum Gasteiger partial charge on any atom is -0.466 e. The van der Waals surface area contributed by atoms with Crippen LogP contribution in [0.1, 0.15) is 38.3 Å². The van der Waals surface area contributed by atoms with Crippen molar-refractivity contribution in [1.82, 2.24) is 10.2 Å². The van der Waals surface area contributed by atoms with E-state index in [1.165, 1.54) is 6.92 Å². The second kappa shape index (κ2) is 14.2. The van der Waals surface area contributed by atoms with Crippen LogP contribution in [0.2, 0.25) is 0 Å². The van der Waals surface area contributed by atoms with Gasteiger partial charge in [-0.1, -0.05) is 44.2 Å². The number of anilines is 2. The number of halogens is 3. The highest BCUT2D eigenvalue weighted by molar-refractivity contribution is 6.00. The summed E-state index contributed by atoms with van der Waals surface area (Å²) in [5, 5.41) is 8.15. The second-order valence-electron chi connectivity index (χ2n) is 10.8. The van der Waals surface area contributed by atoms with Gasteiger partial charge in [-0.05, 0) is 55.5 Å². The Morgan fingerprint density at radius 3 is 2.26 bits per heavy atom. The van der Waals surface area contributed by atoms with E-state index in [1.807, 2.05) is 39.0 Å². The van der Waals surface area contributed by atoms with Gasteiger partial charge in [-0.2, -0.15) is 13.2 Å². The molecule has 3 rings (SSSR count). The normalized spacial score (nSPS) is 17.5. The van der Waals surface area contributed by atoms with Gasteiger partial charge >= 0.3 is 18.2 Å². The summed E-state index contributed by atoms with van der Waals surface area (Å²) < 4.78 is 45.9. The van der Waals surface area contributed by atoms with Gasteiger partial charge in [-0.3, -0.25) is 14.4 Å². The molecule has 0 spiro atoms. The average molecular weight is 591 g/mol. The van der Waals surface area contributed by atoms with Crippen LogP contribution in [0.15, 0.2) is 48.5 Å². The third kappa shape index (κ3) is 8.95. The zero-order valence-corrected chi connectivity index (χ0v) is 24.1. The topological polar surface area (TPSA) is 117 Å². The first-order valence-electron chi connectivity index (χ1n) is 13.8. The predicted octanol–water partition coefficient (Wildman–Crippen LogP) is 4.91. The molecule has 1 aliphatic rings. The zero-order valence-electron chi connectivity index (χ0n) is 24.1. The van der Waals surface area contributed by atoms with E-state index in [9.17, 15) is 32.3 Å². The third-order valence-electron chi connectivity index (χ3n) is 6.95. The molecule has 0 saturated carbocycles. The maximum Gasteiger partial charge on any atom is 0.394 e. The lowest BCUT2D eigenvalue weighted by atomic mass is 9.96. The maximum absolute atomic E-state index is 13.7. The number of ether oxygens (including phenoxy) is 1. The summed E-state index contributed by atoms with van der Waals surface area (Å²) in [5.41, 5.74) is 2.69. The molecule has 12 heteroatoms. The first kappa shape index (κ1) is 32.4. The zero-order chi connectivity index (χ0) is 31.0. The fourth-order valence-electron chi connectivity index (χ4n) is 4.85. The molecule has 3 N–H and O–H groups in total. The lowest BCUT2D eigenvalue weighted by molar-refractivity contribution is -0.190. The molecule has 1 aliphatic heterocycles. The van der Waals surface area contributed by atoms with Gasteiger partial charge in [0.05, 0.1) is 24.9 Å². The molecule has 0 radical (unpaired) electrons. The van der Waals surface area contributed by atoms with Gasteiger partial charge in [0, 0.05) is 24.5 Å². The summed E-state index contributed by atoms with van der Waals surface area (Å²) in [6.07, 6.45) is -4.57. The van der Waals surface area contributed by atoms with Crippen molar-refractivity contribution in [1.29, 1.82) is 0 Å². The molecule has 1 fully saturated rings. The van der Waals surface area contributed by atoms with Crippen LogP contribution in [0.3, 0.4) is 0 Å². The molecule has 4 amide bonds. The van der Waals surface area contributed by atoms with E-state index in [0.717, 1.165) is 10.5 Å². The highest BCUT2D eigenvalue weighted by Gasteiger charge is 2.54. The maximum atomic E-state index is 13.7. The van der Waals surface area contributed by atoms with Gasteiger partial charge in [0.15, 0.2) is 0 Å². The molecular weight excluding hydrogens is 553 g/mol. The van der Waals surface area contributed by atoms with Crippen LogP contribution in [0.5, 0.6) is 0 Å². The molecule has 3 atom stereocenters. The molecule has 9 nitrogen and oxygen atoms in total. The van der Waals surface area contributed by atoms with Crippen molar-refractivity contribution in [2.24, 2.45) is 17.8 Å². The Morgan fingerprint density at radius 1 is 1.00 bits per heavy atom. The van der Waals surface area contributed by atoms with Crippen molar-refractivity contribution in [2.45, 2.75) is 52.8 Å². The Labute approximate surface area is 243 Å². The number of carbonyl (C=O) groups excluding carboxylic acids is 4. The number of hydrogen-bond donors (Lipinski definition) is 3. The predicted molar refractivity (Wildman–Crippen MR) is 152 cm³/mol. The number of likely N-dealkylation sites (tertiary alicyclic amines) is 1. The fourth-order valence-corrected chi connectivity index (χ4v) is 4.85. The Kier molecular flexibility index (Phi) is 11.0. The number of alkyl halides is 3. The summed E-state index contributed by atoms with van der Waals surface area (Å²) >= 11 is 0. The van der Waals surface area contributed by atoms with E-state index in [4.69, 9.17) is 4.74 Å². The van der Waals surface area contributed by atoms with Crippen LogP contribution in [0, 0.1) is 24.7 Å².